The molecule has 0 aromatic heterocycles. The fourth-order valence-corrected chi connectivity index (χ4v) is 2.50. The van der Waals surface area contributed by atoms with Gasteiger partial charge >= 0.3 is 6.03 Å². The van der Waals surface area contributed by atoms with Crippen molar-refractivity contribution < 1.29 is 4.79 Å². The van der Waals surface area contributed by atoms with Gasteiger partial charge in [-0.1, -0.05) is 18.2 Å². The lowest BCUT2D eigenvalue weighted by atomic mass is 10.1. The molecule has 2 amide bonds. The first kappa shape index (κ1) is 13.9. The van der Waals surface area contributed by atoms with E-state index in [0.717, 1.165) is 23.4 Å². The standard InChI is InChI=1S/C15H23N3O/c1-12-6-5-7-13(2)14(12)17-15(19)16-8-11-18-9-3-4-10-18/h5-7H,3-4,8-11H2,1-2H3,(H2,16,17,19). The molecule has 0 bridgehead atoms. The van der Waals surface area contributed by atoms with Crippen LogP contribution in [-0.2, 0) is 0 Å². The Labute approximate surface area is 115 Å². The predicted octanol–water partition coefficient (Wildman–Crippen LogP) is 2.52. The van der Waals surface area contributed by atoms with Crippen LogP contribution in [0.15, 0.2) is 18.2 Å². The molecule has 0 unspecified atom stereocenters. The summed E-state index contributed by atoms with van der Waals surface area (Å²) in [5.41, 5.74) is 3.10. The highest BCUT2D eigenvalue weighted by molar-refractivity contribution is 5.90. The third kappa shape index (κ3) is 3.96. The number of likely N-dealkylation sites (tertiary alicyclic amines) is 1. The van der Waals surface area contributed by atoms with Crippen LogP contribution in [0.4, 0.5) is 10.5 Å². The van der Waals surface area contributed by atoms with Crippen molar-refractivity contribution in [3.63, 3.8) is 0 Å². The van der Waals surface area contributed by atoms with Crippen LogP contribution in [0.3, 0.4) is 0 Å². The van der Waals surface area contributed by atoms with Crippen molar-refractivity contribution in [2.24, 2.45) is 0 Å². The number of para-hydroxylation sites is 1. The largest absolute Gasteiger partial charge is 0.337 e. The fourth-order valence-electron chi connectivity index (χ4n) is 2.50. The Morgan fingerprint density at radius 1 is 1.21 bits per heavy atom. The minimum Gasteiger partial charge on any atom is -0.337 e. The Bertz CT molecular complexity index is 419. The van der Waals surface area contributed by atoms with E-state index in [1.54, 1.807) is 0 Å². The molecule has 0 saturated carbocycles. The smallest absolute Gasteiger partial charge is 0.319 e. The number of benzene rings is 1. The van der Waals surface area contributed by atoms with Crippen molar-refractivity contribution in [2.75, 3.05) is 31.5 Å². The van der Waals surface area contributed by atoms with E-state index < -0.39 is 0 Å². The molecule has 2 N–H and O–H groups in total. The maximum Gasteiger partial charge on any atom is 0.319 e. The van der Waals surface area contributed by atoms with Gasteiger partial charge < -0.3 is 15.5 Å². The van der Waals surface area contributed by atoms with Crippen LogP contribution in [0, 0.1) is 13.8 Å². The minimum atomic E-state index is -0.114. The van der Waals surface area contributed by atoms with Crippen LogP contribution in [0.5, 0.6) is 0 Å². The SMILES string of the molecule is Cc1cccc(C)c1NC(=O)NCCN1CCCC1. The van der Waals surface area contributed by atoms with Crippen molar-refractivity contribution in [3.05, 3.63) is 29.3 Å². The van der Waals surface area contributed by atoms with Gasteiger partial charge in [0.05, 0.1) is 0 Å². The summed E-state index contributed by atoms with van der Waals surface area (Å²) in [6.45, 7) is 8.00. The Balaban J connectivity index is 1.77. The topological polar surface area (TPSA) is 44.4 Å². The number of hydrogen-bond donors (Lipinski definition) is 2. The Kier molecular flexibility index (Phi) is 4.80. The van der Waals surface area contributed by atoms with Gasteiger partial charge in [-0.3, -0.25) is 0 Å². The van der Waals surface area contributed by atoms with Crippen LogP contribution in [0.25, 0.3) is 0 Å². The van der Waals surface area contributed by atoms with Gasteiger partial charge in [-0.05, 0) is 50.9 Å². The van der Waals surface area contributed by atoms with Gasteiger partial charge in [0.1, 0.15) is 0 Å². The number of rotatable bonds is 4. The molecule has 104 valence electrons. The van der Waals surface area contributed by atoms with E-state index in [1.807, 2.05) is 32.0 Å². The molecule has 1 aromatic carbocycles. The van der Waals surface area contributed by atoms with Gasteiger partial charge in [0, 0.05) is 18.8 Å². The number of nitrogens with zero attached hydrogens (tertiary/aromatic N) is 1. The van der Waals surface area contributed by atoms with Gasteiger partial charge in [0.2, 0.25) is 0 Å². The van der Waals surface area contributed by atoms with Crippen molar-refractivity contribution in [1.29, 1.82) is 0 Å². The molecule has 0 aliphatic carbocycles. The quantitative estimate of drug-likeness (QED) is 0.874. The van der Waals surface area contributed by atoms with Gasteiger partial charge in [-0.25, -0.2) is 4.79 Å². The van der Waals surface area contributed by atoms with Crippen LogP contribution < -0.4 is 10.6 Å². The fraction of sp³-hybridized carbons (Fsp3) is 0.533. The number of carbonyl (C=O) groups excluding carboxylic acids is 1. The van der Waals surface area contributed by atoms with E-state index in [0.29, 0.717) is 6.54 Å². The lowest BCUT2D eigenvalue weighted by Gasteiger charge is -2.16. The average molecular weight is 261 g/mol. The molecular formula is C15H23N3O. The van der Waals surface area contributed by atoms with Crippen LogP contribution in [-0.4, -0.2) is 37.1 Å². The normalized spacial score (nSPS) is 15.5. The number of urea groups is 1. The van der Waals surface area contributed by atoms with E-state index >= 15 is 0 Å². The Morgan fingerprint density at radius 3 is 2.47 bits per heavy atom. The molecule has 0 atom stereocenters. The van der Waals surface area contributed by atoms with Crippen LogP contribution in [0.2, 0.25) is 0 Å². The monoisotopic (exact) mass is 261 g/mol. The molecule has 1 aromatic rings. The zero-order valence-corrected chi connectivity index (χ0v) is 11.8. The molecule has 1 aliphatic rings. The van der Waals surface area contributed by atoms with Gasteiger partial charge in [-0.15, -0.1) is 0 Å². The first-order chi connectivity index (χ1) is 9.16. The number of carbonyl (C=O) groups is 1. The number of anilines is 1. The number of aryl methyl sites for hydroxylation is 2. The van der Waals surface area contributed by atoms with Crippen molar-refractivity contribution in [3.8, 4) is 0 Å². The number of nitrogens with one attached hydrogen (secondary N) is 2. The summed E-state index contributed by atoms with van der Waals surface area (Å²) >= 11 is 0. The van der Waals surface area contributed by atoms with Crippen molar-refractivity contribution >= 4 is 11.7 Å². The second-order valence-electron chi connectivity index (χ2n) is 5.20. The van der Waals surface area contributed by atoms with Crippen LogP contribution in [0.1, 0.15) is 24.0 Å². The molecule has 0 radical (unpaired) electrons. The second kappa shape index (κ2) is 6.57. The first-order valence-electron chi connectivity index (χ1n) is 7.00. The van der Waals surface area contributed by atoms with Gasteiger partial charge in [0.25, 0.3) is 0 Å². The summed E-state index contributed by atoms with van der Waals surface area (Å²) in [5.74, 6) is 0. The van der Waals surface area contributed by atoms with E-state index in [2.05, 4.69) is 15.5 Å². The van der Waals surface area contributed by atoms with Crippen molar-refractivity contribution in [2.45, 2.75) is 26.7 Å². The van der Waals surface area contributed by atoms with E-state index in [1.165, 1.54) is 25.9 Å². The van der Waals surface area contributed by atoms with Crippen molar-refractivity contribution in [1.82, 2.24) is 10.2 Å². The molecule has 4 nitrogen and oxygen atoms in total. The molecule has 4 heteroatoms. The third-order valence-corrected chi connectivity index (χ3v) is 3.63. The maximum absolute atomic E-state index is 11.8. The molecule has 19 heavy (non-hydrogen) atoms. The highest BCUT2D eigenvalue weighted by atomic mass is 16.2. The summed E-state index contributed by atoms with van der Waals surface area (Å²) in [6.07, 6.45) is 2.57. The highest BCUT2D eigenvalue weighted by Crippen LogP contribution is 2.18. The molecule has 1 fully saturated rings. The van der Waals surface area contributed by atoms with E-state index in [4.69, 9.17) is 0 Å². The molecule has 0 spiro atoms. The Hall–Kier alpha value is -1.55. The summed E-state index contributed by atoms with van der Waals surface area (Å²) in [6, 6.07) is 5.90. The van der Waals surface area contributed by atoms with Gasteiger partial charge in [-0.2, -0.15) is 0 Å². The summed E-state index contributed by atoms with van der Waals surface area (Å²) in [5, 5.41) is 5.86. The maximum atomic E-state index is 11.8. The molecule has 1 saturated heterocycles. The van der Waals surface area contributed by atoms with E-state index in [9.17, 15) is 4.79 Å². The third-order valence-electron chi connectivity index (χ3n) is 3.63. The molecule has 1 heterocycles. The molecule has 2 rings (SSSR count). The molecular weight excluding hydrogens is 238 g/mol. The minimum absolute atomic E-state index is 0.114. The zero-order chi connectivity index (χ0) is 13.7. The molecule has 1 aliphatic heterocycles. The van der Waals surface area contributed by atoms with Crippen LogP contribution >= 0.6 is 0 Å². The second-order valence-corrected chi connectivity index (χ2v) is 5.20. The number of hydrogen-bond acceptors (Lipinski definition) is 2. The number of amides is 2. The van der Waals surface area contributed by atoms with E-state index in [-0.39, 0.29) is 6.03 Å². The lowest BCUT2D eigenvalue weighted by Crippen LogP contribution is -2.36. The lowest BCUT2D eigenvalue weighted by molar-refractivity contribution is 0.249. The highest BCUT2D eigenvalue weighted by Gasteiger charge is 2.11. The van der Waals surface area contributed by atoms with Gasteiger partial charge in [0.15, 0.2) is 0 Å². The first-order valence-corrected chi connectivity index (χ1v) is 7.00. The Morgan fingerprint density at radius 2 is 1.84 bits per heavy atom. The summed E-state index contributed by atoms with van der Waals surface area (Å²) < 4.78 is 0. The zero-order valence-electron chi connectivity index (χ0n) is 11.8. The summed E-state index contributed by atoms with van der Waals surface area (Å²) in [7, 11) is 0. The average Bonchev–Trinajstić information content (AvgIpc) is 2.87. The summed E-state index contributed by atoms with van der Waals surface area (Å²) in [4.78, 5) is 14.2. The predicted molar refractivity (Wildman–Crippen MR) is 78.6 cm³/mol.